The zero-order valence-corrected chi connectivity index (χ0v) is 13.9. The van der Waals surface area contributed by atoms with Crippen LogP contribution in [0, 0.1) is 18.8 Å². The summed E-state index contributed by atoms with van der Waals surface area (Å²) < 4.78 is 41.3. The lowest BCUT2D eigenvalue weighted by molar-refractivity contribution is -0.219. The van der Waals surface area contributed by atoms with Crippen LogP contribution in [0.3, 0.4) is 0 Å². The van der Waals surface area contributed by atoms with Gasteiger partial charge in [-0.05, 0) is 31.9 Å². The summed E-state index contributed by atoms with van der Waals surface area (Å²) >= 11 is 0. The van der Waals surface area contributed by atoms with Gasteiger partial charge in [0.2, 0.25) is 0 Å². The van der Waals surface area contributed by atoms with E-state index in [1.165, 1.54) is 12.1 Å². The summed E-state index contributed by atoms with van der Waals surface area (Å²) in [4.78, 5) is 0.141. The van der Waals surface area contributed by atoms with Gasteiger partial charge in [-0.15, -0.1) is 0 Å². The first kappa shape index (κ1) is 16.9. The molecule has 128 valence electrons. The molecule has 1 saturated heterocycles. The molecule has 2 unspecified atom stereocenters. The van der Waals surface area contributed by atoms with Gasteiger partial charge in [-0.3, -0.25) is 4.18 Å². The zero-order chi connectivity index (χ0) is 16.5. The van der Waals surface area contributed by atoms with Crippen molar-refractivity contribution in [2.45, 2.75) is 30.4 Å². The van der Waals surface area contributed by atoms with E-state index in [1.807, 2.05) is 6.92 Å². The Morgan fingerprint density at radius 2 is 1.78 bits per heavy atom. The van der Waals surface area contributed by atoms with E-state index in [2.05, 4.69) is 0 Å². The van der Waals surface area contributed by atoms with Crippen molar-refractivity contribution in [3.8, 4) is 0 Å². The Morgan fingerprint density at radius 3 is 2.39 bits per heavy atom. The Labute approximate surface area is 136 Å². The van der Waals surface area contributed by atoms with Gasteiger partial charge in [0.05, 0.1) is 31.3 Å². The second-order valence-corrected chi connectivity index (χ2v) is 7.74. The quantitative estimate of drug-likeness (QED) is 0.816. The molecule has 2 fully saturated rings. The van der Waals surface area contributed by atoms with Crippen molar-refractivity contribution in [1.29, 1.82) is 0 Å². The molecule has 2 atom stereocenters. The smallest absolute Gasteiger partial charge is 0.296 e. The molecule has 0 amide bonds. The molecule has 1 aliphatic heterocycles. The highest BCUT2D eigenvalue weighted by Crippen LogP contribution is 2.46. The van der Waals surface area contributed by atoms with Crippen molar-refractivity contribution in [3.63, 3.8) is 0 Å². The molecule has 6 nitrogen and oxygen atoms in total. The predicted molar refractivity (Wildman–Crippen MR) is 82.3 cm³/mol. The summed E-state index contributed by atoms with van der Waals surface area (Å²) in [5.74, 6) is -1.25. The topological polar surface area (TPSA) is 82.1 Å². The SMILES string of the molecule is Cc1ccc(S(=O)(=O)OCC2CCC(CO)C23OCCO3)cc1. The number of hydrogen-bond donors (Lipinski definition) is 1. The lowest BCUT2D eigenvalue weighted by Gasteiger charge is -2.33. The molecule has 2 aliphatic rings. The van der Waals surface area contributed by atoms with E-state index in [-0.39, 0.29) is 29.9 Å². The molecule has 1 spiro atoms. The first-order chi connectivity index (χ1) is 11.0. The number of rotatable bonds is 5. The third kappa shape index (κ3) is 3.16. The minimum Gasteiger partial charge on any atom is -0.396 e. The van der Waals surface area contributed by atoms with Crippen LogP contribution < -0.4 is 0 Å². The van der Waals surface area contributed by atoms with Crippen LogP contribution in [0.15, 0.2) is 29.2 Å². The largest absolute Gasteiger partial charge is 0.396 e. The van der Waals surface area contributed by atoms with Crippen molar-refractivity contribution in [3.05, 3.63) is 29.8 Å². The van der Waals surface area contributed by atoms with Crippen LogP contribution in [0.1, 0.15) is 18.4 Å². The summed E-state index contributed by atoms with van der Waals surface area (Å²) in [6.07, 6.45) is 1.43. The van der Waals surface area contributed by atoms with E-state index < -0.39 is 15.9 Å². The van der Waals surface area contributed by atoms with Crippen molar-refractivity contribution < 1.29 is 27.2 Å². The second kappa shape index (κ2) is 6.49. The molecular formula is C16H22O6S. The maximum absolute atomic E-state index is 12.3. The van der Waals surface area contributed by atoms with E-state index in [0.29, 0.717) is 19.6 Å². The summed E-state index contributed by atoms with van der Waals surface area (Å²) in [5.41, 5.74) is 0.984. The Balaban J connectivity index is 1.71. The Bertz CT molecular complexity index is 633. The fourth-order valence-electron chi connectivity index (χ4n) is 3.42. The normalized spacial score (nSPS) is 26.9. The third-order valence-corrected chi connectivity index (χ3v) is 5.99. The zero-order valence-electron chi connectivity index (χ0n) is 13.1. The third-order valence-electron chi connectivity index (χ3n) is 4.69. The molecule has 3 rings (SSSR count). The van der Waals surface area contributed by atoms with Gasteiger partial charge in [0.1, 0.15) is 0 Å². The van der Waals surface area contributed by atoms with Crippen LogP contribution in [0.5, 0.6) is 0 Å². The molecule has 1 aromatic carbocycles. The molecule has 0 bridgehead atoms. The molecule has 1 saturated carbocycles. The van der Waals surface area contributed by atoms with E-state index in [4.69, 9.17) is 13.7 Å². The van der Waals surface area contributed by atoms with Gasteiger partial charge >= 0.3 is 0 Å². The lowest BCUT2D eigenvalue weighted by Crippen LogP contribution is -2.44. The van der Waals surface area contributed by atoms with Crippen LogP contribution in [-0.4, -0.2) is 45.7 Å². The van der Waals surface area contributed by atoms with Crippen LogP contribution in [-0.2, 0) is 23.8 Å². The molecule has 7 heteroatoms. The average molecular weight is 342 g/mol. The maximum atomic E-state index is 12.3. The Morgan fingerprint density at radius 1 is 1.17 bits per heavy atom. The molecule has 0 radical (unpaired) electrons. The number of benzene rings is 1. The molecule has 0 aromatic heterocycles. The Hall–Kier alpha value is -0.990. The van der Waals surface area contributed by atoms with Gasteiger partial charge in [-0.2, -0.15) is 8.42 Å². The molecular weight excluding hydrogens is 320 g/mol. The number of aryl methyl sites for hydroxylation is 1. The second-order valence-electron chi connectivity index (χ2n) is 6.12. The fourth-order valence-corrected chi connectivity index (χ4v) is 4.37. The molecule has 1 aliphatic carbocycles. The van der Waals surface area contributed by atoms with Crippen LogP contribution in [0.4, 0.5) is 0 Å². The molecule has 1 heterocycles. The van der Waals surface area contributed by atoms with Crippen molar-refractivity contribution in [2.24, 2.45) is 11.8 Å². The highest BCUT2D eigenvalue weighted by molar-refractivity contribution is 7.86. The van der Waals surface area contributed by atoms with E-state index in [0.717, 1.165) is 12.0 Å². The minimum absolute atomic E-state index is 0.00723. The fraction of sp³-hybridized carbons (Fsp3) is 0.625. The van der Waals surface area contributed by atoms with Gasteiger partial charge in [-0.25, -0.2) is 0 Å². The molecule has 23 heavy (non-hydrogen) atoms. The number of aliphatic hydroxyl groups excluding tert-OH is 1. The van der Waals surface area contributed by atoms with Crippen molar-refractivity contribution >= 4 is 10.1 Å². The highest BCUT2D eigenvalue weighted by atomic mass is 32.2. The summed E-state index contributed by atoms with van der Waals surface area (Å²) in [7, 11) is -3.81. The number of ether oxygens (including phenoxy) is 2. The van der Waals surface area contributed by atoms with Gasteiger partial charge in [0.15, 0.2) is 5.79 Å². The van der Waals surface area contributed by atoms with E-state index in [9.17, 15) is 13.5 Å². The average Bonchev–Trinajstić information content (AvgIpc) is 3.14. The van der Waals surface area contributed by atoms with Crippen molar-refractivity contribution in [1.82, 2.24) is 0 Å². The van der Waals surface area contributed by atoms with Gasteiger partial charge in [-0.1, -0.05) is 17.7 Å². The number of hydrogen-bond acceptors (Lipinski definition) is 6. The molecule has 1 N–H and O–H groups in total. The minimum atomic E-state index is -3.81. The van der Waals surface area contributed by atoms with Gasteiger partial charge < -0.3 is 14.6 Å². The van der Waals surface area contributed by atoms with Crippen LogP contribution >= 0.6 is 0 Å². The predicted octanol–water partition coefficient (Wildman–Crippen LogP) is 1.46. The van der Waals surface area contributed by atoms with Gasteiger partial charge in [0.25, 0.3) is 10.1 Å². The Kier molecular flexibility index (Phi) is 4.75. The monoisotopic (exact) mass is 342 g/mol. The standard InChI is InChI=1S/C16H22O6S/c1-12-2-6-15(7-3-12)23(18,19)22-11-14-5-4-13(10-17)16(14)20-8-9-21-16/h2-3,6-7,13-14,17H,4-5,8-11H2,1H3. The first-order valence-electron chi connectivity index (χ1n) is 7.83. The number of aliphatic hydroxyl groups is 1. The van der Waals surface area contributed by atoms with Crippen LogP contribution in [0.25, 0.3) is 0 Å². The van der Waals surface area contributed by atoms with E-state index in [1.54, 1.807) is 12.1 Å². The maximum Gasteiger partial charge on any atom is 0.296 e. The van der Waals surface area contributed by atoms with Crippen molar-refractivity contribution in [2.75, 3.05) is 26.4 Å². The van der Waals surface area contributed by atoms with Crippen LogP contribution in [0.2, 0.25) is 0 Å². The summed E-state index contributed by atoms with van der Waals surface area (Å²) in [6.45, 7) is 2.76. The van der Waals surface area contributed by atoms with E-state index >= 15 is 0 Å². The summed E-state index contributed by atoms with van der Waals surface area (Å²) in [5, 5.41) is 9.52. The highest BCUT2D eigenvalue weighted by Gasteiger charge is 2.54. The summed E-state index contributed by atoms with van der Waals surface area (Å²) in [6, 6.07) is 6.54. The van der Waals surface area contributed by atoms with Gasteiger partial charge in [0, 0.05) is 11.8 Å². The first-order valence-corrected chi connectivity index (χ1v) is 9.23. The lowest BCUT2D eigenvalue weighted by atomic mass is 9.97. The molecule has 1 aromatic rings.